The van der Waals surface area contributed by atoms with Gasteiger partial charge in [-0.1, -0.05) is 13.8 Å². The molecule has 0 atom stereocenters. The van der Waals surface area contributed by atoms with Gasteiger partial charge in [0.2, 0.25) is 5.91 Å². The fourth-order valence-electron chi connectivity index (χ4n) is 1.63. The van der Waals surface area contributed by atoms with Gasteiger partial charge in [0.15, 0.2) is 0 Å². The zero-order valence-electron chi connectivity index (χ0n) is 11.4. The van der Waals surface area contributed by atoms with E-state index in [0.717, 1.165) is 17.1 Å². The molecule has 0 aromatic heterocycles. The van der Waals surface area contributed by atoms with Crippen molar-refractivity contribution in [2.45, 2.75) is 26.8 Å². The van der Waals surface area contributed by atoms with E-state index >= 15 is 0 Å². The van der Waals surface area contributed by atoms with Crippen LogP contribution in [0.25, 0.3) is 0 Å². The summed E-state index contributed by atoms with van der Waals surface area (Å²) in [5.41, 5.74) is 0.940. The number of carbonyl (C=O) groups is 1. The van der Waals surface area contributed by atoms with Crippen molar-refractivity contribution in [2.24, 2.45) is 5.92 Å². The van der Waals surface area contributed by atoms with Crippen LogP contribution >= 0.6 is 0 Å². The van der Waals surface area contributed by atoms with Crippen molar-refractivity contribution in [2.75, 3.05) is 14.2 Å². The van der Waals surface area contributed by atoms with Crippen molar-refractivity contribution in [3.05, 3.63) is 23.8 Å². The molecule has 0 fully saturated rings. The molecule has 100 valence electrons. The van der Waals surface area contributed by atoms with Gasteiger partial charge in [-0.05, 0) is 18.1 Å². The molecule has 1 amide bonds. The van der Waals surface area contributed by atoms with Crippen molar-refractivity contribution in [3.63, 3.8) is 0 Å². The Labute approximate surface area is 108 Å². The zero-order valence-corrected chi connectivity index (χ0v) is 11.4. The van der Waals surface area contributed by atoms with Gasteiger partial charge in [-0.25, -0.2) is 0 Å². The van der Waals surface area contributed by atoms with E-state index in [0.29, 0.717) is 18.9 Å². The van der Waals surface area contributed by atoms with Crippen LogP contribution in [0.3, 0.4) is 0 Å². The Bertz CT molecular complexity index is 402. The molecule has 1 aromatic carbocycles. The molecule has 1 rings (SSSR count). The number of nitrogens with one attached hydrogen (secondary N) is 1. The molecule has 0 aliphatic carbocycles. The number of hydrogen-bond acceptors (Lipinski definition) is 3. The van der Waals surface area contributed by atoms with E-state index in [2.05, 4.69) is 5.32 Å². The lowest BCUT2D eigenvalue weighted by atomic mass is 10.1. The predicted octanol–water partition coefficient (Wildman–Crippen LogP) is 2.37. The number of rotatable bonds is 6. The number of amides is 1. The van der Waals surface area contributed by atoms with Crippen molar-refractivity contribution in [1.82, 2.24) is 5.32 Å². The summed E-state index contributed by atoms with van der Waals surface area (Å²) in [5.74, 6) is 1.88. The molecule has 0 saturated heterocycles. The van der Waals surface area contributed by atoms with Gasteiger partial charge in [-0.15, -0.1) is 0 Å². The van der Waals surface area contributed by atoms with Crippen molar-refractivity contribution in [1.29, 1.82) is 0 Å². The van der Waals surface area contributed by atoms with Crippen molar-refractivity contribution >= 4 is 5.91 Å². The Hall–Kier alpha value is -1.71. The topological polar surface area (TPSA) is 47.6 Å². The van der Waals surface area contributed by atoms with Crippen LogP contribution in [0.1, 0.15) is 25.8 Å². The summed E-state index contributed by atoms with van der Waals surface area (Å²) in [7, 11) is 3.22. The van der Waals surface area contributed by atoms with Crippen LogP contribution in [-0.2, 0) is 11.3 Å². The van der Waals surface area contributed by atoms with Crippen LogP contribution in [0, 0.1) is 5.92 Å². The largest absolute Gasteiger partial charge is 0.497 e. The lowest BCUT2D eigenvalue weighted by molar-refractivity contribution is -0.121. The average molecular weight is 251 g/mol. The first-order valence-electron chi connectivity index (χ1n) is 6.04. The summed E-state index contributed by atoms with van der Waals surface area (Å²) in [6.07, 6.45) is 0.540. The highest BCUT2D eigenvalue weighted by Gasteiger charge is 2.08. The summed E-state index contributed by atoms with van der Waals surface area (Å²) < 4.78 is 10.4. The van der Waals surface area contributed by atoms with E-state index in [4.69, 9.17) is 9.47 Å². The van der Waals surface area contributed by atoms with Gasteiger partial charge in [0.05, 0.1) is 14.2 Å². The van der Waals surface area contributed by atoms with E-state index < -0.39 is 0 Å². The van der Waals surface area contributed by atoms with Crippen LogP contribution in [0.2, 0.25) is 0 Å². The molecular formula is C14H21NO3. The van der Waals surface area contributed by atoms with Gasteiger partial charge >= 0.3 is 0 Å². The molecule has 0 spiro atoms. The molecule has 1 aromatic rings. The van der Waals surface area contributed by atoms with Crippen molar-refractivity contribution < 1.29 is 14.3 Å². The number of hydrogen-bond donors (Lipinski definition) is 1. The van der Waals surface area contributed by atoms with Crippen molar-refractivity contribution in [3.8, 4) is 11.5 Å². The van der Waals surface area contributed by atoms with E-state index in [1.807, 2.05) is 32.0 Å². The molecule has 0 radical (unpaired) electrons. The quantitative estimate of drug-likeness (QED) is 0.844. The maximum absolute atomic E-state index is 11.6. The smallest absolute Gasteiger partial charge is 0.220 e. The van der Waals surface area contributed by atoms with Gasteiger partial charge in [0.25, 0.3) is 0 Å². The van der Waals surface area contributed by atoms with Crippen LogP contribution in [0.5, 0.6) is 11.5 Å². The van der Waals surface area contributed by atoms with E-state index in [1.54, 1.807) is 14.2 Å². The number of ether oxygens (including phenoxy) is 2. The zero-order chi connectivity index (χ0) is 13.5. The standard InChI is InChI=1S/C14H21NO3/c1-10(2)7-14(16)15-9-11-5-6-12(17-3)8-13(11)18-4/h5-6,8,10H,7,9H2,1-4H3,(H,15,16). The van der Waals surface area contributed by atoms with Crippen LogP contribution in [0.4, 0.5) is 0 Å². The third kappa shape index (κ3) is 4.28. The summed E-state index contributed by atoms with van der Waals surface area (Å²) >= 11 is 0. The third-order valence-electron chi connectivity index (χ3n) is 2.56. The summed E-state index contributed by atoms with van der Waals surface area (Å²) in [5, 5.41) is 2.88. The number of methoxy groups -OCH3 is 2. The van der Waals surface area contributed by atoms with E-state index in [1.165, 1.54) is 0 Å². The fourth-order valence-corrected chi connectivity index (χ4v) is 1.63. The average Bonchev–Trinajstić information content (AvgIpc) is 2.35. The Balaban J connectivity index is 2.64. The highest BCUT2D eigenvalue weighted by atomic mass is 16.5. The third-order valence-corrected chi connectivity index (χ3v) is 2.56. The minimum atomic E-state index is 0.0582. The molecule has 0 saturated carbocycles. The number of carbonyl (C=O) groups excluding carboxylic acids is 1. The highest BCUT2D eigenvalue weighted by Crippen LogP contribution is 2.24. The lowest BCUT2D eigenvalue weighted by Gasteiger charge is -2.12. The summed E-state index contributed by atoms with van der Waals surface area (Å²) in [6, 6.07) is 5.56. The lowest BCUT2D eigenvalue weighted by Crippen LogP contribution is -2.24. The van der Waals surface area contributed by atoms with Crippen LogP contribution in [0.15, 0.2) is 18.2 Å². The Kier molecular flexibility index (Phi) is 5.49. The van der Waals surface area contributed by atoms with Gasteiger partial charge in [-0.2, -0.15) is 0 Å². The normalized spacial score (nSPS) is 10.3. The first kappa shape index (κ1) is 14.4. The number of benzene rings is 1. The molecule has 0 unspecified atom stereocenters. The summed E-state index contributed by atoms with van der Waals surface area (Å²) in [4.78, 5) is 11.6. The minimum absolute atomic E-state index is 0.0582. The highest BCUT2D eigenvalue weighted by molar-refractivity contribution is 5.76. The fraction of sp³-hybridized carbons (Fsp3) is 0.500. The Morgan fingerprint density at radius 1 is 1.28 bits per heavy atom. The SMILES string of the molecule is COc1ccc(CNC(=O)CC(C)C)c(OC)c1. The maximum atomic E-state index is 11.6. The molecule has 4 nitrogen and oxygen atoms in total. The second-order valence-corrected chi connectivity index (χ2v) is 4.55. The van der Waals surface area contributed by atoms with Gasteiger partial charge < -0.3 is 14.8 Å². The predicted molar refractivity (Wildman–Crippen MR) is 70.8 cm³/mol. The van der Waals surface area contributed by atoms with Gasteiger partial charge in [-0.3, -0.25) is 4.79 Å². The van der Waals surface area contributed by atoms with E-state index in [-0.39, 0.29) is 5.91 Å². The van der Waals surface area contributed by atoms with E-state index in [9.17, 15) is 4.79 Å². The van der Waals surface area contributed by atoms with Gasteiger partial charge in [0.1, 0.15) is 11.5 Å². The minimum Gasteiger partial charge on any atom is -0.497 e. The first-order chi connectivity index (χ1) is 8.56. The Morgan fingerprint density at radius 2 is 2.00 bits per heavy atom. The molecule has 0 heterocycles. The van der Waals surface area contributed by atoms with Crippen LogP contribution in [-0.4, -0.2) is 20.1 Å². The van der Waals surface area contributed by atoms with Gasteiger partial charge in [0, 0.05) is 24.6 Å². The summed E-state index contributed by atoms with van der Waals surface area (Å²) in [6.45, 7) is 4.51. The molecule has 4 heteroatoms. The second-order valence-electron chi connectivity index (χ2n) is 4.55. The second kappa shape index (κ2) is 6.89. The molecule has 0 aliphatic rings. The maximum Gasteiger partial charge on any atom is 0.220 e. The molecule has 0 bridgehead atoms. The monoisotopic (exact) mass is 251 g/mol. The van der Waals surface area contributed by atoms with Crippen LogP contribution < -0.4 is 14.8 Å². The Morgan fingerprint density at radius 3 is 2.56 bits per heavy atom. The first-order valence-corrected chi connectivity index (χ1v) is 6.04. The molecule has 1 N–H and O–H groups in total. The molecular weight excluding hydrogens is 230 g/mol. The molecule has 0 aliphatic heterocycles. The molecule has 18 heavy (non-hydrogen) atoms.